The number of alkyl carbamates (subject to hydrolysis) is 1. The highest BCUT2D eigenvalue weighted by Crippen LogP contribution is 2.49. The zero-order chi connectivity index (χ0) is 19.1. The first-order valence-electron chi connectivity index (χ1n) is 8.97. The number of piperidine rings is 1. The number of rotatable bonds is 2. The predicted molar refractivity (Wildman–Crippen MR) is 93.3 cm³/mol. The van der Waals surface area contributed by atoms with Gasteiger partial charge in [-0.2, -0.15) is 0 Å². The number of ether oxygens (including phenoxy) is 2. The summed E-state index contributed by atoms with van der Waals surface area (Å²) in [6.07, 6.45) is 1.38. The lowest BCUT2D eigenvalue weighted by molar-refractivity contribution is -0.0642. The van der Waals surface area contributed by atoms with Gasteiger partial charge < -0.3 is 24.8 Å². The lowest BCUT2D eigenvalue weighted by atomic mass is 9.82. The minimum absolute atomic E-state index is 0.362. The first kappa shape index (κ1) is 19.8. The lowest BCUT2D eigenvalue weighted by Gasteiger charge is -2.43. The van der Waals surface area contributed by atoms with Crippen molar-refractivity contribution in [1.82, 2.24) is 10.2 Å². The van der Waals surface area contributed by atoms with Crippen LogP contribution >= 0.6 is 0 Å². The molecule has 0 radical (unpaired) electrons. The van der Waals surface area contributed by atoms with Crippen molar-refractivity contribution in [2.75, 3.05) is 13.1 Å². The molecule has 0 atom stereocenters. The fourth-order valence-corrected chi connectivity index (χ4v) is 3.19. The Labute approximate surface area is 150 Å². The van der Waals surface area contributed by atoms with E-state index in [0.717, 1.165) is 12.8 Å². The van der Waals surface area contributed by atoms with Crippen LogP contribution in [0.3, 0.4) is 0 Å². The SMILES string of the molecule is CC(C)(C)OC(=O)NC1(C2(O)CCN(C(=O)OC(C)(C)C)CC2)CC1. The smallest absolute Gasteiger partial charge is 0.410 e. The van der Waals surface area contributed by atoms with E-state index >= 15 is 0 Å². The molecule has 0 bridgehead atoms. The molecule has 2 amide bonds. The first-order valence-corrected chi connectivity index (χ1v) is 8.97. The van der Waals surface area contributed by atoms with Crippen molar-refractivity contribution < 1.29 is 24.2 Å². The average molecular weight is 356 g/mol. The van der Waals surface area contributed by atoms with Crippen LogP contribution in [0.5, 0.6) is 0 Å². The summed E-state index contributed by atoms with van der Waals surface area (Å²) in [5.74, 6) is 0. The number of nitrogens with zero attached hydrogens (tertiary/aromatic N) is 1. The molecule has 2 rings (SSSR count). The minimum Gasteiger partial charge on any atom is -0.444 e. The van der Waals surface area contributed by atoms with E-state index in [2.05, 4.69) is 5.32 Å². The number of carbonyl (C=O) groups is 2. The van der Waals surface area contributed by atoms with Crippen molar-refractivity contribution in [3.8, 4) is 0 Å². The van der Waals surface area contributed by atoms with Gasteiger partial charge in [-0.05, 0) is 67.2 Å². The lowest BCUT2D eigenvalue weighted by Crippen LogP contribution is -2.60. The Balaban J connectivity index is 1.93. The van der Waals surface area contributed by atoms with Crippen molar-refractivity contribution in [3.05, 3.63) is 0 Å². The van der Waals surface area contributed by atoms with Gasteiger partial charge in [-0.3, -0.25) is 0 Å². The largest absolute Gasteiger partial charge is 0.444 e. The quantitative estimate of drug-likeness (QED) is 0.794. The van der Waals surface area contributed by atoms with Gasteiger partial charge in [0.1, 0.15) is 11.2 Å². The van der Waals surface area contributed by atoms with Crippen LogP contribution in [0, 0.1) is 0 Å². The van der Waals surface area contributed by atoms with Crippen LogP contribution in [0.4, 0.5) is 9.59 Å². The van der Waals surface area contributed by atoms with Gasteiger partial charge in [-0.1, -0.05) is 0 Å². The van der Waals surface area contributed by atoms with Crippen LogP contribution in [-0.4, -0.2) is 57.6 Å². The second-order valence-corrected chi connectivity index (χ2v) is 9.21. The Kier molecular flexibility index (Phi) is 5.03. The number of hydrogen-bond acceptors (Lipinski definition) is 5. The maximum Gasteiger partial charge on any atom is 0.410 e. The van der Waals surface area contributed by atoms with Crippen molar-refractivity contribution in [2.24, 2.45) is 0 Å². The number of nitrogens with one attached hydrogen (secondary N) is 1. The molecule has 0 aromatic carbocycles. The summed E-state index contributed by atoms with van der Waals surface area (Å²) in [6, 6.07) is 0. The maximum absolute atomic E-state index is 12.2. The molecule has 1 saturated heterocycles. The Bertz CT molecular complexity index is 521. The summed E-state index contributed by atoms with van der Waals surface area (Å²) in [6.45, 7) is 11.7. The summed E-state index contributed by atoms with van der Waals surface area (Å²) < 4.78 is 10.7. The van der Waals surface area contributed by atoms with Crippen molar-refractivity contribution >= 4 is 12.2 Å². The molecular weight excluding hydrogens is 324 g/mol. The topological polar surface area (TPSA) is 88.1 Å². The Morgan fingerprint density at radius 1 is 0.920 bits per heavy atom. The van der Waals surface area contributed by atoms with Gasteiger partial charge in [0, 0.05) is 13.1 Å². The van der Waals surface area contributed by atoms with Crippen LogP contribution in [0.2, 0.25) is 0 Å². The minimum atomic E-state index is -1.03. The Hall–Kier alpha value is -1.50. The molecule has 0 unspecified atom stereocenters. The summed E-state index contributed by atoms with van der Waals surface area (Å²) in [7, 11) is 0. The second-order valence-electron chi connectivity index (χ2n) is 9.21. The number of likely N-dealkylation sites (tertiary alicyclic amines) is 1. The van der Waals surface area contributed by atoms with E-state index in [1.165, 1.54) is 0 Å². The molecule has 2 fully saturated rings. The van der Waals surface area contributed by atoms with E-state index < -0.39 is 28.4 Å². The van der Waals surface area contributed by atoms with Gasteiger partial charge in [-0.15, -0.1) is 0 Å². The van der Waals surface area contributed by atoms with E-state index in [0.29, 0.717) is 25.9 Å². The van der Waals surface area contributed by atoms with Gasteiger partial charge in [0.2, 0.25) is 0 Å². The van der Waals surface area contributed by atoms with Crippen molar-refractivity contribution in [1.29, 1.82) is 0 Å². The zero-order valence-corrected chi connectivity index (χ0v) is 16.3. The van der Waals surface area contributed by atoms with Crippen molar-refractivity contribution in [3.63, 3.8) is 0 Å². The third-order valence-corrected chi connectivity index (χ3v) is 4.62. The number of amides is 2. The maximum atomic E-state index is 12.2. The molecule has 1 heterocycles. The standard InChI is InChI=1S/C18H32N2O5/c1-15(2,3)24-13(21)19-17(7-8-17)18(23)9-11-20(12-10-18)14(22)25-16(4,5)6/h23H,7-12H2,1-6H3,(H,19,21). The number of hydrogen-bond donors (Lipinski definition) is 2. The normalized spacial score (nSPS) is 22.1. The average Bonchev–Trinajstić information content (AvgIpc) is 3.16. The van der Waals surface area contributed by atoms with E-state index in [4.69, 9.17) is 9.47 Å². The van der Waals surface area contributed by atoms with E-state index in [1.54, 1.807) is 25.7 Å². The molecule has 7 heteroatoms. The highest BCUT2D eigenvalue weighted by atomic mass is 16.6. The molecular formula is C18H32N2O5. The molecule has 1 saturated carbocycles. The van der Waals surface area contributed by atoms with E-state index in [1.807, 2.05) is 20.8 Å². The molecule has 2 aliphatic rings. The van der Waals surface area contributed by atoms with Gasteiger partial charge >= 0.3 is 12.2 Å². The number of aliphatic hydroxyl groups is 1. The van der Waals surface area contributed by atoms with Crippen LogP contribution in [0.25, 0.3) is 0 Å². The molecule has 7 nitrogen and oxygen atoms in total. The number of carbonyl (C=O) groups excluding carboxylic acids is 2. The van der Waals surface area contributed by atoms with Crippen LogP contribution < -0.4 is 5.32 Å². The molecule has 25 heavy (non-hydrogen) atoms. The summed E-state index contributed by atoms with van der Waals surface area (Å²) in [5.41, 5.74) is -2.79. The fraction of sp³-hybridized carbons (Fsp3) is 0.889. The Morgan fingerprint density at radius 3 is 1.80 bits per heavy atom. The molecule has 1 aliphatic carbocycles. The zero-order valence-electron chi connectivity index (χ0n) is 16.3. The highest BCUT2D eigenvalue weighted by Gasteiger charge is 2.61. The summed E-state index contributed by atoms with van der Waals surface area (Å²) >= 11 is 0. The van der Waals surface area contributed by atoms with E-state index in [-0.39, 0.29) is 6.09 Å². The fourth-order valence-electron chi connectivity index (χ4n) is 3.19. The highest BCUT2D eigenvalue weighted by molar-refractivity contribution is 5.70. The van der Waals surface area contributed by atoms with Crippen LogP contribution in [-0.2, 0) is 9.47 Å². The third kappa shape index (κ3) is 5.00. The van der Waals surface area contributed by atoms with Gasteiger partial charge in [0.25, 0.3) is 0 Å². The molecule has 2 N–H and O–H groups in total. The Morgan fingerprint density at radius 2 is 1.40 bits per heavy atom. The van der Waals surface area contributed by atoms with Gasteiger partial charge in [0.05, 0.1) is 11.1 Å². The molecule has 144 valence electrons. The molecule has 0 aromatic heterocycles. The third-order valence-electron chi connectivity index (χ3n) is 4.62. The van der Waals surface area contributed by atoms with Gasteiger partial charge in [0.15, 0.2) is 0 Å². The molecule has 0 aromatic rings. The molecule has 1 aliphatic heterocycles. The first-order chi connectivity index (χ1) is 11.3. The molecule has 0 spiro atoms. The monoisotopic (exact) mass is 356 g/mol. The van der Waals surface area contributed by atoms with Gasteiger partial charge in [-0.25, -0.2) is 9.59 Å². The summed E-state index contributed by atoms with van der Waals surface area (Å²) in [5, 5.41) is 14.0. The summed E-state index contributed by atoms with van der Waals surface area (Å²) in [4.78, 5) is 25.9. The van der Waals surface area contributed by atoms with Crippen molar-refractivity contribution in [2.45, 2.75) is 89.6 Å². The second kappa shape index (κ2) is 6.34. The van der Waals surface area contributed by atoms with Crippen LogP contribution in [0.1, 0.15) is 67.2 Å². The predicted octanol–water partition coefficient (Wildman–Crippen LogP) is 2.81. The van der Waals surface area contributed by atoms with E-state index in [9.17, 15) is 14.7 Å². The van der Waals surface area contributed by atoms with Crippen LogP contribution in [0.15, 0.2) is 0 Å².